The van der Waals surface area contributed by atoms with Crippen LogP contribution in [0.15, 0.2) is 18.2 Å². The van der Waals surface area contributed by atoms with Crippen LogP contribution in [-0.2, 0) is 11.3 Å². The Hall–Kier alpha value is -1.55. The van der Waals surface area contributed by atoms with Crippen LogP contribution >= 0.6 is 0 Å². The minimum Gasteiger partial charge on any atom is -0.381 e. The lowest BCUT2D eigenvalue weighted by atomic mass is 10.0. The quantitative estimate of drug-likeness (QED) is 0.883. The lowest BCUT2D eigenvalue weighted by Gasteiger charge is -2.23. The maximum absolute atomic E-state index is 6.05. The summed E-state index contributed by atoms with van der Waals surface area (Å²) >= 11 is 0. The molecule has 1 fully saturated rings. The van der Waals surface area contributed by atoms with Crippen LogP contribution in [0.2, 0.25) is 0 Å². The number of fused-ring (bicyclic) bond motifs is 1. The van der Waals surface area contributed by atoms with E-state index in [1.165, 1.54) is 17.5 Å². The van der Waals surface area contributed by atoms with Crippen LogP contribution in [0.1, 0.15) is 18.4 Å². The molecule has 1 aliphatic rings. The lowest BCUT2D eigenvalue weighted by Crippen LogP contribution is -2.22. The fourth-order valence-electron chi connectivity index (χ4n) is 2.78. The summed E-state index contributed by atoms with van der Waals surface area (Å²) in [6, 6.07) is 6.15. The maximum Gasteiger partial charge on any atom is 0.201 e. The number of nitrogens with zero attached hydrogens (tertiary/aromatic N) is 2. The summed E-state index contributed by atoms with van der Waals surface area (Å²) in [5, 5.41) is 0. The molecule has 4 heteroatoms. The molecule has 1 aliphatic heterocycles. The lowest BCUT2D eigenvalue weighted by molar-refractivity contribution is 0.0490. The van der Waals surface area contributed by atoms with Crippen LogP contribution in [-0.4, -0.2) is 22.8 Å². The normalized spacial score (nSPS) is 20.4. The van der Waals surface area contributed by atoms with Gasteiger partial charge in [-0.15, -0.1) is 0 Å². The van der Waals surface area contributed by atoms with E-state index in [2.05, 4.69) is 22.5 Å². The van der Waals surface area contributed by atoms with Crippen molar-refractivity contribution in [3.8, 4) is 0 Å². The molecule has 0 saturated carbocycles. The van der Waals surface area contributed by atoms with Gasteiger partial charge in [0.2, 0.25) is 5.95 Å². The fourth-order valence-corrected chi connectivity index (χ4v) is 2.78. The summed E-state index contributed by atoms with van der Waals surface area (Å²) in [7, 11) is 0. The molecule has 1 saturated heterocycles. The molecule has 0 aliphatic carbocycles. The van der Waals surface area contributed by atoms with Gasteiger partial charge < -0.3 is 15.0 Å². The van der Waals surface area contributed by atoms with Crippen molar-refractivity contribution in [1.29, 1.82) is 0 Å². The van der Waals surface area contributed by atoms with E-state index < -0.39 is 0 Å². The highest BCUT2D eigenvalue weighted by Gasteiger charge is 2.18. The molecule has 3 rings (SSSR count). The van der Waals surface area contributed by atoms with E-state index >= 15 is 0 Å². The molecule has 18 heavy (non-hydrogen) atoms. The minimum atomic E-state index is 0.554. The summed E-state index contributed by atoms with van der Waals surface area (Å²) in [6.07, 6.45) is 2.36. The number of hydrogen-bond acceptors (Lipinski definition) is 3. The van der Waals surface area contributed by atoms with Crippen LogP contribution < -0.4 is 5.73 Å². The van der Waals surface area contributed by atoms with Crippen molar-refractivity contribution in [3.63, 3.8) is 0 Å². The molecule has 0 bridgehead atoms. The first-order chi connectivity index (χ1) is 8.75. The Morgan fingerprint density at radius 3 is 3.17 bits per heavy atom. The number of imidazole rings is 1. The van der Waals surface area contributed by atoms with Crippen molar-refractivity contribution >= 4 is 17.0 Å². The SMILES string of the molecule is Cc1cccc2nc(N)n(CC3CCCOC3)c12. The topological polar surface area (TPSA) is 53.1 Å². The van der Waals surface area contributed by atoms with Gasteiger partial charge in [0.15, 0.2) is 0 Å². The fraction of sp³-hybridized carbons (Fsp3) is 0.500. The van der Waals surface area contributed by atoms with E-state index in [1.807, 2.05) is 12.1 Å². The maximum atomic E-state index is 6.05. The molecule has 96 valence electrons. The number of para-hydroxylation sites is 1. The Balaban J connectivity index is 1.97. The van der Waals surface area contributed by atoms with Gasteiger partial charge in [0.25, 0.3) is 0 Å². The second kappa shape index (κ2) is 4.61. The molecule has 0 radical (unpaired) electrons. The molecule has 1 atom stereocenters. The Morgan fingerprint density at radius 2 is 2.39 bits per heavy atom. The average molecular weight is 245 g/mol. The van der Waals surface area contributed by atoms with Crippen molar-refractivity contribution in [2.75, 3.05) is 18.9 Å². The van der Waals surface area contributed by atoms with E-state index in [-0.39, 0.29) is 0 Å². The summed E-state index contributed by atoms with van der Waals surface area (Å²) in [5.74, 6) is 1.17. The van der Waals surface area contributed by atoms with Gasteiger partial charge in [-0.05, 0) is 31.4 Å². The first-order valence-electron chi connectivity index (χ1n) is 6.55. The number of nitrogens with two attached hydrogens (primary N) is 1. The second-order valence-corrected chi connectivity index (χ2v) is 5.11. The van der Waals surface area contributed by atoms with Crippen molar-refractivity contribution in [2.24, 2.45) is 5.92 Å². The smallest absolute Gasteiger partial charge is 0.201 e. The van der Waals surface area contributed by atoms with Crippen molar-refractivity contribution in [3.05, 3.63) is 23.8 Å². The highest BCUT2D eigenvalue weighted by atomic mass is 16.5. The Labute approximate surface area is 107 Å². The summed E-state index contributed by atoms with van der Waals surface area (Å²) < 4.78 is 7.68. The third-order valence-corrected chi connectivity index (χ3v) is 3.69. The molecule has 2 aromatic rings. The molecule has 1 aromatic carbocycles. The first-order valence-corrected chi connectivity index (χ1v) is 6.55. The van der Waals surface area contributed by atoms with Crippen LogP contribution in [0.25, 0.3) is 11.0 Å². The Bertz CT molecular complexity index is 555. The average Bonchev–Trinajstić information content (AvgIpc) is 2.69. The number of aryl methyl sites for hydroxylation is 1. The number of anilines is 1. The molecule has 0 spiro atoms. The molecule has 0 amide bonds. The standard InChI is InChI=1S/C14H19N3O/c1-10-4-2-6-12-13(10)17(14(15)16-12)8-11-5-3-7-18-9-11/h2,4,6,11H,3,5,7-9H2,1H3,(H2,15,16). The molecule has 4 nitrogen and oxygen atoms in total. The van der Waals surface area contributed by atoms with Crippen molar-refractivity contribution in [1.82, 2.24) is 9.55 Å². The van der Waals surface area contributed by atoms with Gasteiger partial charge in [-0.2, -0.15) is 0 Å². The van der Waals surface area contributed by atoms with Gasteiger partial charge in [0.05, 0.1) is 17.6 Å². The predicted octanol–water partition coefficient (Wildman–Crippen LogP) is 2.35. The third kappa shape index (κ3) is 1.97. The minimum absolute atomic E-state index is 0.554. The molecule has 1 unspecified atom stereocenters. The molecule has 2 N–H and O–H groups in total. The van der Waals surface area contributed by atoms with Gasteiger partial charge in [-0.25, -0.2) is 4.98 Å². The second-order valence-electron chi connectivity index (χ2n) is 5.11. The number of hydrogen-bond donors (Lipinski definition) is 1. The molecule has 1 aromatic heterocycles. The van der Waals surface area contributed by atoms with Crippen LogP contribution in [0.5, 0.6) is 0 Å². The van der Waals surface area contributed by atoms with Gasteiger partial charge in [-0.1, -0.05) is 12.1 Å². The van der Waals surface area contributed by atoms with Crippen LogP contribution in [0.4, 0.5) is 5.95 Å². The number of nitrogen functional groups attached to an aromatic ring is 1. The predicted molar refractivity (Wildman–Crippen MR) is 72.4 cm³/mol. The Kier molecular flexibility index (Phi) is 2.96. The van der Waals surface area contributed by atoms with E-state index in [4.69, 9.17) is 10.5 Å². The first kappa shape index (κ1) is 11.5. The number of rotatable bonds is 2. The number of benzene rings is 1. The highest BCUT2D eigenvalue weighted by Crippen LogP contribution is 2.24. The monoisotopic (exact) mass is 245 g/mol. The molecular formula is C14H19N3O. The summed E-state index contributed by atoms with van der Waals surface area (Å²) in [5.41, 5.74) is 9.44. The Morgan fingerprint density at radius 1 is 1.50 bits per heavy atom. The number of aromatic nitrogens is 2. The van der Waals surface area contributed by atoms with Crippen LogP contribution in [0, 0.1) is 12.8 Å². The van der Waals surface area contributed by atoms with Gasteiger partial charge >= 0.3 is 0 Å². The number of ether oxygens (including phenoxy) is 1. The third-order valence-electron chi connectivity index (χ3n) is 3.69. The van der Waals surface area contributed by atoms with Crippen molar-refractivity contribution < 1.29 is 4.74 Å². The summed E-state index contributed by atoms with van der Waals surface area (Å²) in [6.45, 7) is 4.76. The van der Waals surface area contributed by atoms with Gasteiger partial charge in [0, 0.05) is 19.1 Å². The van der Waals surface area contributed by atoms with Crippen LogP contribution in [0.3, 0.4) is 0 Å². The zero-order valence-electron chi connectivity index (χ0n) is 10.7. The van der Waals surface area contributed by atoms with E-state index in [0.29, 0.717) is 11.9 Å². The molecule has 2 heterocycles. The summed E-state index contributed by atoms with van der Waals surface area (Å²) in [4.78, 5) is 4.44. The van der Waals surface area contributed by atoms with E-state index in [9.17, 15) is 0 Å². The molecular weight excluding hydrogens is 226 g/mol. The largest absolute Gasteiger partial charge is 0.381 e. The zero-order chi connectivity index (χ0) is 12.5. The zero-order valence-corrected chi connectivity index (χ0v) is 10.7. The highest BCUT2D eigenvalue weighted by molar-refractivity contribution is 5.81. The van der Waals surface area contributed by atoms with Crippen molar-refractivity contribution in [2.45, 2.75) is 26.3 Å². The van der Waals surface area contributed by atoms with Gasteiger partial charge in [-0.3, -0.25) is 0 Å². The van der Waals surface area contributed by atoms with E-state index in [1.54, 1.807) is 0 Å². The van der Waals surface area contributed by atoms with E-state index in [0.717, 1.165) is 31.7 Å². The van der Waals surface area contributed by atoms with Gasteiger partial charge in [0.1, 0.15) is 0 Å².